The number of carbonyl (C=O) groups is 2. The van der Waals surface area contributed by atoms with Gasteiger partial charge in [-0.2, -0.15) is 0 Å². The van der Waals surface area contributed by atoms with Crippen LogP contribution in [0, 0.1) is 6.92 Å². The first-order valence-corrected chi connectivity index (χ1v) is 14.4. The summed E-state index contributed by atoms with van der Waals surface area (Å²) in [5.41, 5.74) is 1.75. The summed E-state index contributed by atoms with van der Waals surface area (Å²) in [6.07, 6.45) is 0.737. The zero-order valence-electron chi connectivity index (χ0n) is 21.5. The van der Waals surface area contributed by atoms with Crippen molar-refractivity contribution in [2.24, 2.45) is 0 Å². The van der Waals surface area contributed by atoms with Crippen molar-refractivity contribution < 1.29 is 18.0 Å². The van der Waals surface area contributed by atoms with E-state index < -0.39 is 28.5 Å². The normalized spacial score (nSPS) is 12.0. The number of halogens is 2. The third-order valence-corrected chi connectivity index (χ3v) is 8.28. The Kier molecular flexibility index (Phi) is 10.2. The second-order valence-corrected chi connectivity index (χ2v) is 11.6. The molecule has 1 unspecified atom stereocenters. The highest BCUT2D eigenvalue weighted by atomic mass is 35.5. The molecule has 0 saturated carbocycles. The van der Waals surface area contributed by atoms with Crippen molar-refractivity contribution >= 4 is 50.7 Å². The molecule has 202 valence electrons. The summed E-state index contributed by atoms with van der Waals surface area (Å²) in [5, 5.41) is 3.70. The zero-order valence-corrected chi connectivity index (χ0v) is 23.9. The first-order chi connectivity index (χ1) is 18.0. The molecule has 38 heavy (non-hydrogen) atoms. The van der Waals surface area contributed by atoms with Crippen molar-refractivity contribution in [3.63, 3.8) is 0 Å². The second-order valence-electron chi connectivity index (χ2n) is 8.87. The number of benzene rings is 3. The SMILES string of the molecule is CCCNC(=O)C(C)N(Cc1cccc(Cl)c1)C(=O)CN(c1ccccc1C)S(=O)(=O)c1ccc(Cl)cc1. The molecule has 0 fully saturated rings. The van der Waals surface area contributed by atoms with Gasteiger partial charge in [-0.15, -0.1) is 0 Å². The van der Waals surface area contributed by atoms with Gasteiger partial charge in [-0.3, -0.25) is 13.9 Å². The van der Waals surface area contributed by atoms with Crippen LogP contribution in [-0.4, -0.2) is 44.3 Å². The fourth-order valence-corrected chi connectivity index (χ4v) is 5.72. The number of para-hydroxylation sites is 1. The highest BCUT2D eigenvalue weighted by molar-refractivity contribution is 7.92. The summed E-state index contributed by atoms with van der Waals surface area (Å²) in [6.45, 7) is 5.35. The van der Waals surface area contributed by atoms with Crippen molar-refractivity contribution in [2.45, 2.75) is 44.7 Å². The van der Waals surface area contributed by atoms with E-state index in [1.165, 1.54) is 29.2 Å². The molecule has 0 bridgehead atoms. The quantitative estimate of drug-likeness (QED) is 0.330. The van der Waals surface area contributed by atoms with E-state index in [0.717, 1.165) is 10.7 Å². The van der Waals surface area contributed by atoms with Crippen LogP contribution in [0.25, 0.3) is 0 Å². The van der Waals surface area contributed by atoms with Crippen molar-refractivity contribution in [1.82, 2.24) is 10.2 Å². The van der Waals surface area contributed by atoms with Gasteiger partial charge in [-0.1, -0.05) is 60.5 Å². The van der Waals surface area contributed by atoms with Crippen LogP contribution < -0.4 is 9.62 Å². The van der Waals surface area contributed by atoms with E-state index in [4.69, 9.17) is 23.2 Å². The fraction of sp³-hybridized carbons (Fsp3) is 0.286. The maximum Gasteiger partial charge on any atom is 0.264 e. The van der Waals surface area contributed by atoms with E-state index in [1.54, 1.807) is 62.4 Å². The Labute approximate surface area is 234 Å². The van der Waals surface area contributed by atoms with Crippen LogP contribution in [0.1, 0.15) is 31.4 Å². The second kappa shape index (κ2) is 13.1. The summed E-state index contributed by atoms with van der Waals surface area (Å²) < 4.78 is 28.7. The lowest BCUT2D eigenvalue weighted by molar-refractivity contribution is -0.139. The molecule has 2 amide bonds. The number of carbonyl (C=O) groups excluding carboxylic acids is 2. The van der Waals surface area contributed by atoms with Crippen LogP contribution in [0.5, 0.6) is 0 Å². The van der Waals surface area contributed by atoms with E-state index in [2.05, 4.69) is 5.32 Å². The predicted molar refractivity (Wildman–Crippen MR) is 152 cm³/mol. The molecule has 3 aromatic rings. The predicted octanol–water partition coefficient (Wildman–Crippen LogP) is 5.44. The number of rotatable bonds is 11. The number of sulfonamides is 1. The average molecular weight is 577 g/mol. The van der Waals surface area contributed by atoms with Gasteiger partial charge in [0.25, 0.3) is 10.0 Å². The van der Waals surface area contributed by atoms with Crippen LogP contribution in [0.2, 0.25) is 10.0 Å². The lowest BCUT2D eigenvalue weighted by Gasteiger charge is -2.32. The maximum absolute atomic E-state index is 13.9. The van der Waals surface area contributed by atoms with Gasteiger partial charge < -0.3 is 10.2 Å². The van der Waals surface area contributed by atoms with Crippen LogP contribution >= 0.6 is 23.2 Å². The van der Waals surface area contributed by atoms with Crippen molar-refractivity contribution in [3.05, 3.63) is 94.0 Å². The van der Waals surface area contributed by atoms with Crippen LogP contribution in [0.4, 0.5) is 5.69 Å². The first-order valence-electron chi connectivity index (χ1n) is 12.2. The van der Waals surface area contributed by atoms with Crippen LogP contribution in [0.3, 0.4) is 0 Å². The number of nitrogens with one attached hydrogen (secondary N) is 1. The van der Waals surface area contributed by atoms with Gasteiger partial charge in [0.2, 0.25) is 11.8 Å². The number of hydrogen-bond donors (Lipinski definition) is 1. The Hall–Kier alpha value is -3.07. The van der Waals surface area contributed by atoms with Gasteiger partial charge in [0.15, 0.2) is 0 Å². The molecular weight excluding hydrogens is 545 g/mol. The van der Waals surface area contributed by atoms with Crippen molar-refractivity contribution in [3.8, 4) is 0 Å². The van der Waals surface area contributed by atoms with E-state index in [9.17, 15) is 18.0 Å². The molecule has 3 rings (SSSR count). The Balaban J connectivity index is 2.03. The summed E-state index contributed by atoms with van der Waals surface area (Å²) in [4.78, 5) is 28.1. The molecule has 0 aliphatic rings. The average Bonchev–Trinajstić information content (AvgIpc) is 2.89. The number of hydrogen-bond acceptors (Lipinski definition) is 4. The van der Waals surface area contributed by atoms with Crippen molar-refractivity contribution in [2.75, 3.05) is 17.4 Å². The lowest BCUT2D eigenvalue weighted by atomic mass is 10.1. The van der Waals surface area contributed by atoms with Gasteiger partial charge in [0.05, 0.1) is 10.6 Å². The van der Waals surface area contributed by atoms with Crippen LogP contribution in [0.15, 0.2) is 77.7 Å². The largest absolute Gasteiger partial charge is 0.354 e. The Morgan fingerprint density at radius 2 is 1.63 bits per heavy atom. The Morgan fingerprint density at radius 1 is 0.947 bits per heavy atom. The summed E-state index contributed by atoms with van der Waals surface area (Å²) in [6, 6.07) is 18.8. The topological polar surface area (TPSA) is 86.8 Å². The van der Waals surface area contributed by atoms with Gasteiger partial charge in [-0.25, -0.2) is 8.42 Å². The van der Waals surface area contributed by atoms with Gasteiger partial charge in [-0.05, 0) is 73.9 Å². The van der Waals surface area contributed by atoms with Gasteiger partial charge >= 0.3 is 0 Å². The van der Waals surface area contributed by atoms with Crippen molar-refractivity contribution in [1.29, 1.82) is 0 Å². The first kappa shape index (κ1) is 29.5. The minimum atomic E-state index is -4.16. The van der Waals surface area contributed by atoms with Gasteiger partial charge in [0, 0.05) is 23.1 Å². The molecule has 1 N–H and O–H groups in total. The summed E-state index contributed by atoms with van der Waals surface area (Å²) in [7, 11) is -4.16. The van der Waals surface area contributed by atoms with E-state index >= 15 is 0 Å². The third kappa shape index (κ3) is 7.28. The lowest BCUT2D eigenvalue weighted by Crippen LogP contribution is -2.51. The number of amides is 2. The maximum atomic E-state index is 13.9. The molecule has 0 spiro atoms. The van der Waals surface area contributed by atoms with E-state index in [0.29, 0.717) is 33.4 Å². The molecule has 1 atom stereocenters. The third-order valence-electron chi connectivity index (χ3n) is 6.02. The zero-order chi connectivity index (χ0) is 27.9. The highest BCUT2D eigenvalue weighted by Crippen LogP contribution is 2.28. The molecule has 0 aromatic heterocycles. The Bertz CT molecular complexity index is 1380. The molecule has 3 aromatic carbocycles. The molecule has 7 nitrogen and oxygen atoms in total. The minimum absolute atomic E-state index is 0.00641. The fourth-order valence-electron chi connectivity index (χ4n) is 3.90. The summed E-state index contributed by atoms with van der Waals surface area (Å²) in [5.74, 6) is -0.866. The highest BCUT2D eigenvalue weighted by Gasteiger charge is 2.33. The molecule has 0 radical (unpaired) electrons. The molecule has 0 saturated heterocycles. The molecule has 10 heteroatoms. The molecule has 0 heterocycles. The Morgan fingerprint density at radius 3 is 2.26 bits per heavy atom. The minimum Gasteiger partial charge on any atom is -0.354 e. The van der Waals surface area contributed by atoms with Gasteiger partial charge in [0.1, 0.15) is 12.6 Å². The number of aryl methyl sites for hydroxylation is 1. The number of anilines is 1. The molecule has 0 aliphatic heterocycles. The summed E-state index contributed by atoms with van der Waals surface area (Å²) >= 11 is 12.1. The molecule has 0 aliphatic carbocycles. The van der Waals surface area contributed by atoms with Crippen LogP contribution in [-0.2, 0) is 26.2 Å². The number of nitrogens with zero attached hydrogens (tertiary/aromatic N) is 2. The molecular formula is C28H31Cl2N3O4S. The van der Waals surface area contributed by atoms with E-state index in [1.807, 2.05) is 6.92 Å². The smallest absolute Gasteiger partial charge is 0.264 e. The van der Waals surface area contributed by atoms with E-state index in [-0.39, 0.29) is 17.3 Å². The monoisotopic (exact) mass is 575 g/mol. The standard InChI is InChI=1S/C28H31Cl2N3O4S/c1-4-16-31-28(35)21(3)32(18-22-9-7-10-24(30)17-22)27(34)19-33(26-11-6-5-8-20(26)2)38(36,37)25-14-12-23(29)13-15-25/h5-15,17,21H,4,16,18-19H2,1-3H3,(H,31,35).